The molecule has 2 aliphatic carbocycles. The molecule has 1 aromatic carbocycles. The highest BCUT2D eigenvalue weighted by Crippen LogP contribution is 2.47. The molecule has 4 rings (SSSR count). The smallest absolute Gasteiger partial charge is 0.247 e. The molecule has 0 radical (unpaired) electrons. The molecule has 33 heavy (non-hydrogen) atoms. The first-order valence-electron chi connectivity index (χ1n) is 11.9. The predicted molar refractivity (Wildman–Crippen MR) is 125 cm³/mol. The second-order valence-corrected chi connectivity index (χ2v) is 9.44. The number of ether oxygens (including phenoxy) is 1. The molecule has 3 N–H and O–H groups in total. The third-order valence-electron chi connectivity index (χ3n) is 6.83. The Morgan fingerprint density at radius 2 is 1.91 bits per heavy atom. The molecule has 178 valence electrons. The minimum absolute atomic E-state index is 0.000156. The number of carbonyl (C=O) groups is 2. The van der Waals surface area contributed by atoms with E-state index in [1.165, 1.54) is 0 Å². The second-order valence-electron chi connectivity index (χ2n) is 9.44. The summed E-state index contributed by atoms with van der Waals surface area (Å²) in [7, 11) is 0. The molecule has 0 spiro atoms. The summed E-state index contributed by atoms with van der Waals surface area (Å²) >= 11 is 0. The van der Waals surface area contributed by atoms with E-state index in [1.807, 2.05) is 38.1 Å². The van der Waals surface area contributed by atoms with Crippen molar-refractivity contribution < 1.29 is 24.5 Å². The lowest BCUT2D eigenvalue weighted by Gasteiger charge is -2.44. The normalized spacial score (nSPS) is 26.4. The maximum Gasteiger partial charge on any atom is 0.247 e. The third-order valence-corrected chi connectivity index (χ3v) is 6.83. The third kappa shape index (κ3) is 4.70. The molecule has 1 saturated carbocycles. The summed E-state index contributed by atoms with van der Waals surface area (Å²) < 4.78 is 6.16. The number of hydrogen-bond acceptors (Lipinski definition) is 5. The van der Waals surface area contributed by atoms with Crippen LogP contribution in [0, 0.1) is 0 Å². The lowest BCUT2D eigenvalue weighted by Crippen LogP contribution is -2.58. The SMILES string of the molecule is CC(C)=CC(=O)N(C1CCCCC1)C1C=C(C(=O)NCCO)C2c3ccccc3OC2C1O. The summed E-state index contributed by atoms with van der Waals surface area (Å²) in [6, 6.07) is 6.82. The topological polar surface area (TPSA) is 99.1 Å². The second kappa shape index (κ2) is 10.1. The zero-order valence-corrected chi connectivity index (χ0v) is 19.4. The zero-order chi connectivity index (χ0) is 23.5. The Morgan fingerprint density at radius 1 is 1.18 bits per heavy atom. The van der Waals surface area contributed by atoms with Crippen molar-refractivity contribution in [2.45, 2.75) is 76.2 Å². The highest BCUT2D eigenvalue weighted by atomic mass is 16.5. The van der Waals surface area contributed by atoms with Crippen molar-refractivity contribution in [3.63, 3.8) is 0 Å². The van der Waals surface area contributed by atoms with Gasteiger partial charge in [-0.3, -0.25) is 9.59 Å². The van der Waals surface area contributed by atoms with Crippen LogP contribution in [0.3, 0.4) is 0 Å². The first-order valence-corrected chi connectivity index (χ1v) is 11.9. The van der Waals surface area contributed by atoms with Gasteiger partial charge >= 0.3 is 0 Å². The number of aliphatic hydroxyl groups is 2. The van der Waals surface area contributed by atoms with E-state index in [0.717, 1.165) is 43.2 Å². The number of hydrogen-bond donors (Lipinski definition) is 3. The number of nitrogens with zero attached hydrogens (tertiary/aromatic N) is 1. The Bertz CT molecular complexity index is 946. The van der Waals surface area contributed by atoms with Gasteiger partial charge in [0.2, 0.25) is 11.8 Å². The summed E-state index contributed by atoms with van der Waals surface area (Å²) in [5.41, 5.74) is 2.21. The Morgan fingerprint density at radius 3 is 2.61 bits per heavy atom. The van der Waals surface area contributed by atoms with Gasteiger partial charge in [0.05, 0.1) is 18.6 Å². The number of benzene rings is 1. The van der Waals surface area contributed by atoms with E-state index in [1.54, 1.807) is 17.1 Å². The van der Waals surface area contributed by atoms with Crippen LogP contribution in [0.4, 0.5) is 0 Å². The van der Waals surface area contributed by atoms with Crippen molar-refractivity contribution in [3.05, 3.63) is 53.1 Å². The van der Waals surface area contributed by atoms with E-state index in [-0.39, 0.29) is 31.0 Å². The number of carbonyl (C=O) groups excluding carboxylic acids is 2. The fourth-order valence-electron chi connectivity index (χ4n) is 5.41. The van der Waals surface area contributed by atoms with Crippen LogP contribution in [-0.4, -0.2) is 64.4 Å². The Labute approximate surface area is 195 Å². The average Bonchev–Trinajstić information content (AvgIpc) is 3.19. The van der Waals surface area contributed by atoms with E-state index in [9.17, 15) is 19.8 Å². The fourth-order valence-corrected chi connectivity index (χ4v) is 5.41. The molecule has 1 aromatic rings. The number of allylic oxidation sites excluding steroid dienone is 1. The first kappa shape index (κ1) is 23.5. The molecule has 1 heterocycles. The van der Waals surface area contributed by atoms with E-state index >= 15 is 0 Å². The Kier molecular flexibility index (Phi) is 7.20. The quantitative estimate of drug-likeness (QED) is 0.574. The summed E-state index contributed by atoms with van der Waals surface area (Å²) in [5, 5.41) is 23.5. The molecule has 2 amide bonds. The molecule has 7 nitrogen and oxygen atoms in total. The van der Waals surface area contributed by atoms with Crippen molar-refractivity contribution in [2.24, 2.45) is 0 Å². The van der Waals surface area contributed by atoms with Gasteiger partial charge in [-0.05, 0) is 38.8 Å². The number of para-hydroxylation sites is 1. The minimum Gasteiger partial charge on any atom is -0.486 e. The molecule has 4 unspecified atom stereocenters. The number of aliphatic hydroxyl groups excluding tert-OH is 2. The summed E-state index contributed by atoms with van der Waals surface area (Å²) in [4.78, 5) is 28.3. The van der Waals surface area contributed by atoms with Gasteiger partial charge in [0.25, 0.3) is 0 Å². The molecule has 1 aliphatic heterocycles. The molecular weight excluding hydrogens is 420 g/mol. The van der Waals surface area contributed by atoms with Gasteiger partial charge in [0, 0.05) is 29.8 Å². The maximum atomic E-state index is 13.4. The van der Waals surface area contributed by atoms with Crippen molar-refractivity contribution >= 4 is 11.8 Å². The number of nitrogens with one attached hydrogen (secondary N) is 1. The molecule has 0 bridgehead atoms. The van der Waals surface area contributed by atoms with Crippen LogP contribution in [0.1, 0.15) is 57.4 Å². The van der Waals surface area contributed by atoms with Crippen LogP contribution < -0.4 is 10.1 Å². The highest BCUT2D eigenvalue weighted by molar-refractivity contribution is 5.96. The van der Waals surface area contributed by atoms with E-state index in [4.69, 9.17) is 4.74 Å². The van der Waals surface area contributed by atoms with Gasteiger partial charge < -0.3 is 25.2 Å². The van der Waals surface area contributed by atoms with Crippen molar-refractivity contribution in [2.75, 3.05) is 13.2 Å². The standard InChI is InChI=1S/C26H34N2O5/c1-16(2)14-22(30)28(17-8-4-3-5-9-17)20-15-19(26(32)27-12-13-29)23-18-10-6-7-11-21(18)33-25(23)24(20)31/h6-7,10-11,14-15,17,20,23-25,29,31H,3-5,8-9,12-13H2,1-2H3,(H,27,32). The van der Waals surface area contributed by atoms with Crippen LogP contribution in [0.5, 0.6) is 5.75 Å². The van der Waals surface area contributed by atoms with Crippen molar-refractivity contribution in [3.8, 4) is 5.75 Å². The fraction of sp³-hybridized carbons (Fsp3) is 0.538. The molecule has 0 aromatic heterocycles. The van der Waals surface area contributed by atoms with Gasteiger partial charge in [-0.2, -0.15) is 0 Å². The summed E-state index contributed by atoms with van der Waals surface area (Å²) in [6.07, 6.45) is 6.68. The maximum absolute atomic E-state index is 13.4. The van der Waals surface area contributed by atoms with Crippen molar-refractivity contribution in [1.82, 2.24) is 10.2 Å². The summed E-state index contributed by atoms with van der Waals surface area (Å²) in [6.45, 7) is 3.72. The van der Waals surface area contributed by atoms with Gasteiger partial charge in [-0.1, -0.05) is 43.0 Å². The monoisotopic (exact) mass is 454 g/mol. The van der Waals surface area contributed by atoms with E-state index in [2.05, 4.69) is 5.32 Å². The largest absolute Gasteiger partial charge is 0.486 e. The molecule has 3 aliphatic rings. The average molecular weight is 455 g/mol. The number of amides is 2. The molecule has 1 fully saturated rings. The summed E-state index contributed by atoms with van der Waals surface area (Å²) in [5.74, 6) is -0.244. The van der Waals surface area contributed by atoms with E-state index in [0.29, 0.717) is 11.3 Å². The predicted octanol–water partition coefficient (Wildman–Crippen LogP) is 2.44. The number of fused-ring (bicyclic) bond motifs is 3. The minimum atomic E-state index is -0.978. The highest BCUT2D eigenvalue weighted by Gasteiger charge is 2.51. The lowest BCUT2D eigenvalue weighted by molar-refractivity contribution is -0.136. The van der Waals surface area contributed by atoms with Gasteiger partial charge in [-0.25, -0.2) is 0 Å². The first-order chi connectivity index (χ1) is 15.9. The van der Waals surface area contributed by atoms with Crippen LogP contribution >= 0.6 is 0 Å². The molecule has 7 heteroatoms. The Hall–Kier alpha value is -2.64. The van der Waals surface area contributed by atoms with Crippen LogP contribution in [0.25, 0.3) is 0 Å². The lowest BCUT2D eigenvalue weighted by atomic mass is 9.77. The van der Waals surface area contributed by atoms with Gasteiger partial charge in [0.1, 0.15) is 18.0 Å². The molecule has 4 atom stereocenters. The van der Waals surface area contributed by atoms with E-state index < -0.39 is 24.2 Å². The van der Waals surface area contributed by atoms with Crippen LogP contribution in [0.15, 0.2) is 47.6 Å². The van der Waals surface area contributed by atoms with Crippen LogP contribution in [0.2, 0.25) is 0 Å². The Balaban J connectivity index is 1.77. The number of rotatable bonds is 6. The van der Waals surface area contributed by atoms with Gasteiger partial charge in [0.15, 0.2) is 0 Å². The van der Waals surface area contributed by atoms with Crippen molar-refractivity contribution in [1.29, 1.82) is 0 Å². The zero-order valence-electron chi connectivity index (χ0n) is 19.4. The molecular formula is C26H34N2O5. The van der Waals surface area contributed by atoms with Crippen LogP contribution in [-0.2, 0) is 9.59 Å². The molecule has 0 saturated heterocycles. The van der Waals surface area contributed by atoms with Gasteiger partial charge in [-0.15, -0.1) is 0 Å².